The predicted octanol–water partition coefficient (Wildman–Crippen LogP) is 1.87. The zero-order chi connectivity index (χ0) is 14.9. The molecule has 0 saturated carbocycles. The van der Waals surface area contributed by atoms with Crippen LogP contribution in [0.2, 0.25) is 0 Å². The van der Waals surface area contributed by atoms with E-state index in [1.165, 1.54) is 0 Å². The van der Waals surface area contributed by atoms with E-state index >= 15 is 0 Å². The normalized spacial score (nSPS) is 12.4. The van der Waals surface area contributed by atoms with E-state index in [-0.39, 0.29) is 18.5 Å². The number of amides is 1. The van der Waals surface area contributed by atoms with Crippen molar-refractivity contribution in [1.29, 1.82) is 0 Å². The minimum atomic E-state index is -0.0734. The van der Waals surface area contributed by atoms with Crippen molar-refractivity contribution < 1.29 is 4.79 Å². The van der Waals surface area contributed by atoms with E-state index in [0.717, 1.165) is 21.4 Å². The van der Waals surface area contributed by atoms with Crippen molar-refractivity contribution >= 4 is 21.8 Å². The van der Waals surface area contributed by atoms with E-state index in [1.54, 1.807) is 15.6 Å². The lowest BCUT2D eigenvalue weighted by atomic mass is 10.1. The summed E-state index contributed by atoms with van der Waals surface area (Å²) in [6.45, 7) is 5.98. The summed E-state index contributed by atoms with van der Waals surface area (Å²) >= 11 is 3.38. The maximum Gasteiger partial charge on any atom is 0.242 e. The van der Waals surface area contributed by atoms with E-state index in [2.05, 4.69) is 31.4 Å². The number of nitrogens with zero attached hydrogens (tertiary/aromatic N) is 4. The Labute approximate surface area is 126 Å². The van der Waals surface area contributed by atoms with E-state index in [0.29, 0.717) is 0 Å². The van der Waals surface area contributed by atoms with Gasteiger partial charge in [0.2, 0.25) is 5.91 Å². The van der Waals surface area contributed by atoms with Gasteiger partial charge in [0.15, 0.2) is 0 Å². The second-order valence-electron chi connectivity index (χ2n) is 4.89. The number of halogens is 1. The van der Waals surface area contributed by atoms with Gasteiger partial charge in [-0.2, -0.15) is 10.2 Å². The van der Waals surface area contributed by atoms with E-state index in [4.69, 9.17) is 0 Å². The summed E-state index contributed by atoms with van der Waals surface area (Å²) in [6.07, 6.45) is 3.73. The highest BCUT2D eigenvalue weighted by molar-refractivity contribution is 9.10. The van der Waals surface area contributed by atoms with Gasteiger partial charge in [0, 0.05) is 25.0 Å². The topological polar surface area (TPSA) is 64.7 Å². The molecule has 1 N–H and O–H groups in total. The molecule has 2 heterocycles. The first-order valence-electron chi connectivity index (χ1n) is 6.36. The van der Waals surface area contributed by atoms with Crippen LogP contribution in [0.5, 0.6) is 0 Å². The average molecular weight is 340 g/mol. The van der Waals surface area contributed by atoms with Crippen molar-refractivity contribution in [2.75, 3.05) is 0 Å². The van der Waals surface area contributed by atoms with Gasteiger partial charge in [-0.25, -0.2) is 0 Å². The largest absolute Gasteiger partial charge is 0.348 e. The van der Waals surface area contributed by atoms with Gasteiger partial charge in [0.05, 0.1) is 21.9 Å². The lowest BCUT2D eigenvalue weighted by molar-refractivity contribution is -0.122. The Balaban J connectivity index is 1.99. The second-order valence-corrected chi connectivity index (χ2v) is 5.75. The lowest BCUT2D eigenvalue weighted by Crippen LogP contribution is -2.30. The molecule has 0 aliphatic heterocycles. The Morgan fingerprint density at radius 1 is 1.35 bits per heavy atom. The summed E-state index contributed by atoms with van der Waals surface area (Å²) in [5.41, 5.74) is 2.82. The molecule has 1 unspecified atom stereocenters. The van der Waals surface area contributed by atoms with Crippen molar-refractivity contribution in [3.05, 3.63) is 33.8 Å². The van der Waals surface area contributed by atoms with Crippen LogP contribution < -0.4 is 5.32 Å². The van der Waals surface area contributed by atoms with Crippen LogP contribution in [0.4, 0.5) is 0 Å². The smallest absolute Gasteiger partial charge is 0.242 e. The van der Waals surface area contributed by atoms with Gasteiger partial charge in [-0.3, -0.25) is 14.2 Å². The summed E-state index contributed by atoms with van der Waals surface area (Å²) in [4.78, 5) is 12.0. The summed E-state index contributed by atoms with van der Waals surface area (Å²) in [5, 5.41) is 11.5. The number of aryl methyl sites for hydroxylation is 3. The highest BCUT2D eigenvalue weighted by Gasteiger charge is 2.15. The monoisotopic (exact) mass is 339 g/mol. The van der Waals surface area contributed by atoms with E-state index in [9.17, 15) is 4.79 Å². The van der Waals surface area contributed by atoms with Crippen LogP contribution in [0.3, 0.4) is 0 Å². The molecule has 1 amide bonds. The van der Waals surface area contributed by atoms with Gasteiger partial charge in [-0.15, -0.1) is 0 Å². The van der Waals surface area contributed by atoms with Crippen LogP contribution in [-0.4, -0.2) is 25.5 Å². The highest BCUT2D eigenvalue weighted by atomic mass is 79.9. The first-order valence-corrected chi connectivity index (χ1v) is 7.15. The number of hydrogen-bond donors (Lipinski definition) is 1. The van der Waals surface area contributed by atoms with Gasteiger partial charge in [-0.1, -0.05) is 0 Å². The van der Waals surface area contributed by atoms with Crippen LogP contribution in [0.25, 0.3) is 0 Å². The van der Waals surface area contributed by atoms with Gasteiger partial charge in [-0.05, 0) is 36.7 Å². The molecular weight excluding hydrogens is 322 g/mol. The third-order valence-electron chi connectivity index (χ3n) is 3.09. The molecule has 0 saturated heterocycles. The Kier molecular flexibility index (Phi) is 4.27. The molecule has 0 aliphatic carbocycles. The van der Waals surface area contributed by atoms with Crippen molar-refractivity contribution in [2.45, 2.75) is 33.4 Å². The first-order chi connectivity index (χ1) is 9.36. The van der Waals surface area contributed by atoms with Crippen molar-refractivity contribution in [1.82, 2.24) is 24.9 Å². The fourth-order valence-electron chi connectivity index (χ4n) is 2.13. The Bertz CT molecular complexity index is 611. The molecule has 0 aliphatic rings. The van der Waals surface area contributed by atoms with Crippen molar-refractivity contribution in [3.63, 3.8) is 0 Å². The molecule has 6 nitrogen and oxygen atoms in total. The van der Waals surface area contributed by atoms with Crippen LogP contribution in [0, 0.1) is 13.8 Å². The minimum absolute atomic E-state index is 0.0729. The Morgan fingerprint density at radius 2 is 2.05 bits per heavy atom. The van der Waals surface area contributed by atoms with Gasteiger partial charge in [0.25, 0.3) is 0 Å². The maximum atomic E-state index is 12.0. The average Bonchev–Trinajstić information content (AvgIpc) is 2.82. The third-order valence-corrected chi connectivity index (χ3v) is 3.87. The molecule has 0 radical (unpaired) electrons. The SMILES string of the molecule is Cc1nn(CC(=O)NC(C)c2cn(C)nc2C)cc1Br. The van der Waals surface area contributed by atoms with Gasteiger partial charge < -0.3 is 5.32 Å². The van der Waals surface area contributed by atoms with E-state index in [1.807, 2.05) is 34.0 Å². The minimum Gasteiger partial charge on any atom is -0.348 e. The standard InChI is InChI=1S/C13H18BrN5O/c1-8(11-5-18(4)16-9(11)2)15-13(20)7-19-6-12(14)10(3)17-19/h5-6,8H,7H2,1-4H3,(H,15,20). The molecule has 7 heteroatoms. The third kappa shape index (κ3) is 3.27. The second kappa shape index (κ2) is 5.78. The zero-order valence-corrected chi connectivity index (χ0v) is 13.6. The molecule has 0 spiro atoms. The fourth-order valence-corrected chi connectivity index (χ4v) is 2.45. The molecule has 20 heavy (non-hydrogen) atoms. The molecule has 1 atom stereocenters. The van der Waals surface area contributed by atoms with Crippen LogP contribution in [-0.2, 0) is 18.4 Å². The Morgan fingerprint density at radius 3 is 2.55 bits per heavy atom. The van der Waals surface area contributed by atoms with Crippen LogP contribution in [0.15, 0.2) is 16.9 Å². The number of hydrogen-bond acceptors (Lipinski definition) is 3. The predicted molar refractivity (Wildman–Crippen MR) is 79.2 cm³/mol. The number of carbonyl (C=O) groups is 1. The molecule has 2 rings (SSSR count). The molecule has 0 fully saturated rings. The zero-order valence-electron chi connectivity index (χ0n) is 12.0. The number of nitrogens with one attached hydrogen (secondary N) is 1. The lowest BCUT2D eigenvalue weighted by Gasteiger charge is -2.13. The summed E-state index contributed by atoms with van der Waals surface area (Å²) in [6, 6.07) is -0.0729. The van der Waals surface area contributed by atoms with Crippen molar-refractivity contribution in [3.8, 4) is 0 Å². The summed E-state index contributed by atoms with van der Waals surface area (Å²) in [5.74, 6) is -0.0734. The summed E-state index contributed by atoms with van der Waals surface area (Å²) in [7, 11) is 1.87. The molecule has 0 aromatic carbocycles. The first kappa shape index (κ1) is 14.8. The maximum absolute atomic E-state index is 12.0. The summed E-state index contributed by atoms with van der Waals surface area (Å²) < 4.78 is 4.28. The highest BCUT2D eigenvalue weighted by Crippen LogP contribution is 2.16. The molecule has 2 aromatic rings. The molecule has 2 aromatic heterocycles. The van der Waals surface area contributed by atoms with Gasteiger partial charge in [0.1, 0.15) is 6.54 Å². The van der Waals surface area contributed by atoms with Crippen LogP contribution in [0.1, 0.15) is 29.9 Å². The molecule has 0 bridgehead atoms. The molecule has 108 valence electrons. The number of aromatic nitrogens is 4. The number of rotatable bonds is 4. The quantitative estimate of drug-likeness (QED) is 0.924. The van der Waals surface area contributed by atoms with E-state index < -0.39 is 0 Å². The fraction of sp³-hybridized carbons (Fsp3) is 0.462. The number of carbonyl (C=O) groups excluding carboxylic acids is 1. The van der Waals surface area contributed by atoms with Gasteiger partial charge >= 0.3 is 0 Å². The Hall–Kier alpha value is -1.63. The van der Waals surface area contributed by atoms with Crippen LogP contribution >= 0.6 is 15.9 Å². The molecular formula is C13H18BrN5O. The van der Waals surface area contributed by atoms with Crippen molar-refractivity contribution in [2.24, 2.45) is 7.05 Å².